The van der Waals surface area contributed by atoms with Gasteiger partial charge in [0.1, 0.15) is 0 Å². The molecule has 0 unspecified atom stereocenters. The van der Waals surface area contributed by atoms with Gasteiger partial charge in [0.15, 0.2) is 0 Å². The van der Waals surface area contributed by atoms with Crippen LogP contribution in [0.15, 0.2) is 0 Å². The number of unbranched alkanes of at least 4 members (excludes halogenated alkanes) is 3. The lowest BCUT2D eigenvalue weighted by Crippen LogP contribution is -2.50. The molecular formula is C24H54N2+2. The van der Waals surface area contributed by atoms with Crippen LogP contribution in [0.1, 0.15) is 106 Å². The van der Waals surface area contributed by atoms with Gasteiger partial charge in [-0.2, -0.15) is 0 Å². The van der Waals surface area contributed by atoms with Gasteiger partial charge in [-0.1, -0.05) is 41.5 Å². The number of hydrogen-bond donors (Lipinski definition) is 0. The second kappa shape index (κ2) is 15.9. The molecule has 0 saturated carbocycles. The van der Waals surface area contributed by atoms with Crippen LogP contribution in [-0.2, 0) is 0 Å². The van der Waals surface area contributed by atoms with Crippen molar-refractivity contribution in [3.05, 3.63) is 0 Å². The lowest BCUT2D eigenvalue weighted by atomic mass is 10.1. The van der Waals surface area contributed by atoms with Gasteiger partial charge in [-0.15, -0.1) is 0 Å². The van der Waals surface area contributed by atoms with E-state index in [1.807, 2.05) is 0 Å². The topological polar surface area (TPSA) is 0 Å². The standard InChI is InChI=1S/C24H54N2/c1-7-17-25(18-8-2,19-9-3)23-15-13-14-16-24-26(20-10-4,21-11-5)22-12-6/h7-24H2,1-6H3/q+2. The molecule has 2 heteroatoms. The second-order valence-corrected chi connectivity index (χ2v) is 8.89. The van der Waals surface area contributed by atoms with Crippen LogP contribution in [0, 0.1) is 0 Å². The Morgan fingerprint density at radius 3 is 0.731 bits per heavy atom. The average molecular weight is 371 g/mol. The van der Waals surface area contributed by atoms with Crippen molar-refractivity contribution in [3.8, 4) is 0 Å². The molecule has 0 aliphatic heterocycles. The third-order valence-corrected chi connectivity index (χ3v) is 6.20. The van der Waals surface area contributed by atoms with E-state index in [0.717, 1.165) is 0 Å². The summed E-state index contributed by atoms with van der Waals surface area (Å²) in [6.45, 7) is 25.4. The van der Waals surface area contributed by atoms with Gasteiger partial charge in [0.05, 0.1) is 52.4 Å². The van der Waals surface area contributed by atoms with Gasteiger partial charge in [-0.25, -0.2) is 0 Å². The molecule has 2 nitrogen and oxygen atoms in total. The van der Waals surface area contributed by atoms with Crippen LogP contribution in [0.2, 0.25) is 0 Å². The minimum atomic E-state index is 1.34. The van der Waals surface area contributed by atoms with Gasteiger partial charge < -0.3 is 8.97 Å². The van der Waals surface area contributed by atoms with Crippen LogP contribution in [-0.4, -0.2) is 61.3 Å². The molecule has 0 heterocycles. The van der Waals surface area contributed by atoms with Crippen molar-refractivity contribution in [1.29, 1.82) is 0 Å². The smallest absolute Gasteiger partial charge is 0.0786 e. The average Bonchev–Trinajstić information content (AvgIpc) is 2.59. The molecular weight excluding hydrogens is 316 g/mol. The van der Waals surface area contributed by atoms with Crippen molar-refractivity contribution in [1.82, 2.24) is 0 Å². The molecule has 0 bridgehead atoms. The normalized spacial score (nSPS) is 12.7. The summed E-state index contributed by atoms with van der Waals surface area (Å²) >= 11 is 0. The molecule has 0 aromatic heterocycles. The lowest BCUT2D eigenvalue weighted by Gasteiger charge is -2.39. The fourth-order valence-electron chi connectivity index (χ4n) is 5.44. The van der Waals surface area contributed by atoms with E-state index in [-0.39, 0.29) is 0 Å². The molecule has 0 aromatic rings. The summed E-state index contributed by atoms with van der Waals surface area (Å²) in [4.78, 5) is 0. The molecule has 0 aromatic carbocycles. The van der Waals surface area contributed by atoms with E-state index < -0.39 is 0 Å². The molecule has 0 aliphatic carbocycles. The Bertz CT molecular complexity index is 237. The van der Waals surface area contributed by atoms with Crippen molar-refractivity contribution in [3.63, 3.8) is 0 Å². The zero-order valence-corrected chi connectivity index (χ0v) is 19.6. The van der Waals surface area contributed by atoms with Crippen molar-refractivity contribution in [2.24, 2.45) is 0 Å². The van der Waals surface area contributed by atoms with Crippen molar-refractivity contribution in [2.75, 3.05) is 52.4 Å². The predicted octanol–water partition coefficient (Wildman–Crippen LogP) is 6.64. The Hall–Kier alpha value is -0.0800. The van der Waals surface area contributed by atoms with E-state index in [9.17, 15) is 0 Å². The lowest BCUT2D eigenvalue weighted by molar-refractivity contribution is -0.929. The van der Waals surface area contributed by atoms with E-state index in [1.54, 1.807) is 0 Å². The number of nitrogens with zero attached hydrogens (tertiary/aromatic N) is 2. The first-order chi connectivity index (χ1) is 12.6. The van der Waals surface area contributed by atoms with Crippen LogP contribution >= 0.6 is 0 Å². The summed E-state index contributed by atoms with van der Waals surface area (Å²) in [5.41, 5.74) is 0. The molecule has 0 aliphatic rings. The molecule has 0 amide bonds. The fourth-order valence-corrected chi connectivity index (χ4v) is 5.44. The minimum Gasteiger partial charge on any atom is -0.324 e. The molecule has 0 radical (unpaired) electrons. The summed E-state index contributed by atoms with van der Waals surface area (Å²) < 4.78 is 2.79. The minimum absolute atomic E-state index is 1.34. The van der Waals surface area contributed by atoms with Gasteiger partial charge in [0.25, 0.3) is 0 Å². The second-order valence-electron chi connectivity index (χ2n) is 8.89. The fraction of sp³-hybridized carbons (Fsp3) is 1.00. The molecule has 0 spiro atoms. The summed E-state index contributed by atoms with van der Waals surface area (Å²) in [7, 11) is 0. The summed E-state index contributed by atoms with van der Waals surface area (Å²) in [6.07, 6.45) is 13.8. The molecule has 0 atom stereocenters. The van der Waals surface area contributed by atoms with Gasteiger partial charge in [0, 0.05) is 0 Å². The molecule has 0 saturated heterocycles. The largest absolute Gasteiger partial charge is 0.324 e. The Morgan fingerprint density at radius 2 is 0.538 bits per heavy atom. The summed E-state index contributed by atoms with van der Waals surface area (Å²) in [5, 5.41) is 0. The van der Waals surface area contributed by atoms with Gasteiger partial charge in [-0.05, 0) is 64.2 Å². The van der Waals surface area contributed by atoms with Gasteiger partial charge >= 0.3 is 0 Å². The third kappa shape index (κ3) is 10.3. The molecule has 26 heavy (non-hydrogen) atoms. The Morgan fingerprint density at radius 1 is 0.308 bits per heavy atom. The van der Waals surface area contributed by atoms with Gasteiger partial charge in [0.2, 0.25) is 0 Å². The summed E-state index contributed by atoms with van der Waals surface area (Å²) in [5.74, 6) is 0. The maximum absolute atomic E-state index is 2.37. The number of quaternary nitrogens is 2. The summed E-state index contributed by atoms with van der Waals surface area (Å²) in [6, 6.07) is 0. The van der Waals surface area contributed by atoms with Crippen molar-refractivity contribution < 1.29 is 8.97 Å². The number of hydrogen-bond acceptors (Lipinski definition) is 0. The van der Waals surface area contributed by atoms with E-state index >= 15 is 0 Å². The molecule has 0 fully saturated rings. The van der Waals surface area contributed by atoms with E-state index in [4.69, 9.17) is 0 Å². The molecule has 158 valence electrons. The zero-order chi connectivity index (χ0) is 19.7. The molecule has 0 rings (SSSR count). The van der Waals surface area contributed by atoms with Crippen molar-refractivity contribution in [2.45, 2.75) is 106 Å². The van der Waals surface area contributed by atoms with Gasteiger partial charge in [-0.3, -0.25) is 0 Å². The van der Waals surface area contributed by atoms with E-state index in [2.05, 4.69) is 41.5 Å². The predicted molar refractivity (Wildman–Crippen MR) is 120 cm³/mol. The SMILES string of the molecule is CCC[N+](CCC)(CCC)CCCCCC[N+](CCC)(CCC)CCC. The zero-order valence-electron chi connectivity index (χ0n) is 19.6. The first-order valence-electron chi connectivity index (χ1n) is 12.3. The van der Waals surface area contributed by atoms with Crippen molar-refractivity contribution >= 4 is 0 Å². The Kier molecular flexibility index (Phi) is 15.9. The number of rotatable bonds is 19. The highest BCUT2D eigenvalue weighted by atomic mass is 15.4. The van der Waals surface area contributed by atoms with Crippen LogP contribution in [0.4, 0.5) is 0 Å². The Balaban J connectivity index is 4.35. The molecule has 0 N–H and O–H groups in total. The Labute approximate surface area is 167 Å². The maximum atomic E-state index is 2.37. The highest BCUT2D eigenvalue weighted by Gasteiger charge is 2.25. The first-order valence-corrected chi connectivity index (χ1v) is 12.3. The van der Waals surface area contributed by atoms with Crippen LogP contribution in [0.3, 0.4) is 0 Å². The van der Waals surface area contributed by atoms with Crippen LogP contribution in [0.5, 0.6) is 0 Å². The van der Waals surface area contributed by atoms with E-state index in [1.165, 1.54) is 126 Å². The first kappa shape index (κ1) is 25.9. The maximum Gasteiger partial charge on any atom is 0.0786 e. The quantitative estimate of drug-likeness (QED) is 0.176. The highest BCUT2D eigenvalue weighted by Crippen LogP contribution is 2.17. The monoisotopic (exact) mass is 370 g/mol. The third-order valence-electron chi connectivity index (χ3n) is 6.20. The van der Waals surface area contributed by atoms with E-state index in [0.29, 0.717) is 0 Å². The van der Waals surface area contributed by atoms with Crippen LogP contribution < -0.4 is 0 Å². The van der Waals surface area contributed by atoms with Crippen LogP contribution in [0.25, 0.3) is 0 Å². The highest BCUT2D eigenvalue weighted by molar-refractivity contribution is 4.51.